The van der Waals surface area contributed by atoms with Crippen LogP contribution in [0.4, 0.5) is 0 Å². The van der Waals surface area contributed by atoms with Crippen LogP contribution in [0.2, 0.25) is 0 Å². The summed E-state index contributed by atoms with van der Waals surface area (Å²) in [5.41, 5.74) is 7.43. The van der Waals surface area contributed by atoms with Crippen molar-refractivity contribution < 1.29 is 14.7 Å². The van der Waals surface area contributed by atoms with Gasteiger partial charge in [0.1, 0.15) is 6.04 Å². The van der Waals surface area contributed by atoms with Gasteiger partial charge in [-0.2, -0.15) is 0 Å². The molecule has 130 valence electrons. The van der Waals surface area contributed by atoms with Gasteiger partial charge in [-0.15, -0.1) is 0 Å². The highest BCUT2D eigenvalue weighted by Gasteiger charge is 2.27. The summed E-state index contributed by atoms with van der Waals surface area (Å²) in [4.78, 5) is 23.7. The number of guanidine groups is 1. The summed E-state index contributed by atoms with van der Waals surface area (Å²) >= 11 is 0. The number of fused-ring (bicyclic) bond motifs is 1. The van der Waals surface area contributed by atoms with Crippen molar-refractivity contribution in [3.05, 3.63) is 35.4 Å². The fraction of sp³-hybridized carbons (Fsp3) is 0.438. The fourth-order valence-electron chi connectivity index (χ4n) is 2.70. The number of carboxylic acid groups (broad SMARTS) is 1. The minimum absolute atomic E-state index is 0.156. The van der Waals surface area contributed by atoms with E-state index in [0.29, 0.717) is 25.9 Å². The first-order valence-corrected chi connectivity index (χ1v) is 7.88. The standard InChI is InChI=1S/C16H23N5O3/c17-16(18)19-7-3-6-12(15(23)24)21-14(22)13-8-10-4-1-2-5-11(10)9-20-13/h1-2,4-5,12-13,20H,3,6-9H2,(H,21,22)(H,23,24)(H4,17,18,19)/t12?,13-/m0/s1. The van der Waals surface area contributed by atoms with Crippen molar-refractivity contribution >= 4 is 17.8 Å². The predicted octanol–water partition coefficient (Wildman–Crippen LogP) is -0.466. The summed E-state index contributed by atoms with van der Waals surface area (Å²) in [6.45, 7) is 0.985. The van der Waals surface area contributed by atoms with E-state index < -0.39 is 18.1 Å². The van der Waals surface area contributed by atoms with E-state index >= 15 is 0 Å². The van der Waals surface area contributed by atoms with Crippen LogP contribution in [0.25, 0.3) is 0 Å². The number of carbonyl (C=O) groups excluding carboxylic acids is 1. The van der Waals surface area contributed by atoms with E-state index in [-0.39, 0.29) is 18.3 Å². The van der Waals surface area contributed by atoms with Crippen molar-refractivity contribution in [2.75, 3.05) is 6.54 Å². The molecule has 0 bridgehead atoms. The second kappa shape index (κ2) is 8.30. The Bertz CT molecular complexity index is 619. The van der Waals surface area contributed by atoms with E-state index in [1.54, 1.807) is 0 Å². The van der Waals surface area contributed by atoms with Gasteiger partial charge in [-0.1, -0.05) is 24.3 Å². The monoisotopic (exact) mass is 333 g/mol. The first kappa shape index (κ1) is 17.7. The van der Waals surface area contributed by atoms with Gasteiger partial charge in [-0.3, -0.25) is 10.2 Å². The van der Waals surface area contributed by atoms with Crippen molar-refractivity contribution in [1.29, 1.82) is 5.41 Å². The molecule has 7 N–H and O–H groups in total. The molecule has 0 aliphatic carbocycles. The lowest BCUT2D eigenvalue weighted by molar-refractivity contribution is -0.142. The number of nitrogens with two attached hydrogens (primary N) is 1. The molecule has 0 saturated heterocycles. The first-order valence-electron chi connectivity index (χ1n) is 7.88. The van der Waals surface area contributed by atoms with E-state index in [4.69, 9.17) is 11.1 Å². The molecule has 1 amide bonds. The Kier molecular flexibility index (Phi) is 6.14. The van der Waals surface area contributed by atoms with Crippen LogP contribution >= 0.6 is 0 Å². The molecule has 2 rings (SSSR count). The van der Waals surface area contributed by atoms with E-state index in [0.717, 1.165) is 11.1 Å². The fourth-order valence-corrected chi connectivity index (χ4v) is 2.70. The molecule has 0 saturated carbocycles. The molecule has 24 heavy (non-hydrogen) atoms. The minimum Gasteiger partial charge on any atom is -0.480 e. The van der Waals surface area contributed by atoms with Gasteiger partial charge in [0.25, 0.3) is 0 Å². The van der Waals surface area contributed by atoms with Crippen molar-refractivity contribution in [2.24, 2.45) is 5.73 Å². The molecule has 0 aromatic heterocycles. The van der Waals surface area contributed by atoms with E-state index in [1.807, 2.05) is 24.3 Å². The molecule has 0 radical (unpaired) electrons. The molecule has 1 aliphatic heterocycles. The predicted molar refractivity (Wildman–Crippen MR) is 89.5 cm³/mol. The lowest BCUT2D eigenvalue weighted by Gasteiger charge is -2.26. The normalized spacial score (nSPS) is 17.4. The number of hydrogen-bond donors (Lipinski definition) is 6. The highest BCUT2D eigenvalue weighted by Crippen LogP contribution is 2.16. The van der Waals surface area contributed by atoms with Crippen molar-refractivity contribution in [3.8, 4) is 0 Å². The molecule has 2 atom stereocenters. The Morgan fingerprint density at radius 3 is 2.75 bits per heavy atom. The Hall–Kier alpha value is -2.61. The Morgan fingerprint density at radius 1 is 1.38 bits per heavy atom. The molecule has 0 fully saturated rings. The number of benzene rings is 1. The summed E-state index contributed by atoms with van der Waals surface area (Å²) in [6.07, 6.45) is 1.29. The van der Waals surface area contributed by atoms with Gasteiger partial charge in [-0.05, 0) is 30.4 Å². The Balaban J connectivity index is 1.87. The molecule has 1 heterocycles. The number of aliphatic carboxylic acids is 1. The number of nitrogens with one attached hydrogen (secondary N) is 4. The number of carboxylic acids is 1. The molecule has 0 spiro atoms. The van der Waals surface area contributed by atoms with E-state index in [1.165, 1.54) is 0 Å². The number of rotatable bonds is 7. The summed E-state index contributed by atoms with van der Waals surface area (Å²) in [5, 5.41) is 24.6. The van der Waals surface area contributed by atoms with Gasteiger partial charge in [0.05, 0.1) is 6.04 Å². The van der Waals surface area contributed by atoms with Gasteiger partial charge in [-0.25, -0.2) is 4.79 Å². The third-order valence-electron chi connectivity index (χ3n) is 4.00. The zero-order valence-electron chi connectivity index (χ0n) is 13.3. The largest absolute Gasteiger partial charge is 0.480 e. The van der Waals surface area contributed by atoms with Crippen molar-refractivity contribution in [2.45, 2.75) is 37.9 Å². The van der Waals surface area contributed by atoms with Crippen LogP contribution < -0.4 is 21.7 Å². The van der Waals surface area contributed by atoms with Gasteiger partial charge in [0.15, 0.2) is 5.96 Å². The Morgan fingerprint density at radius 2 is 2.08 bits per heavy atom. The molecule has 8 heteroatoms. The second-order valence-electron chi connectivity index (χ2n) is 5.79. The zero-order valence-corrected chi connectivity index (χ0v) is 13.3. The smallest absolute Gasteiger partial charge is 0.326 e. The third kappa shape index (κ3) is 4.95. The van der Waals surface area contributed by atoms with Crippen LogP contribution in [0.5, 0.6) is 0 Å². The van der Waals surface area contributed by atoms with Gasteiger partial charge in [0, 0.05) is 13.1 Å². The van der Waals surface area contributed by atoms with Crippen LogP contribution in [0, 0.1) is 5.41 Å². The van der Waals surface area contributed by atoms with Crippen molar-refractivity contribution in [1.82, 2.24) is 16.0 Å². The summed E-state index contributed by atoms with van der Waals surface area (Å²) in [5.74, 6) is -1.53. The highest BCUT2D eigenvalue weighted by molar-refractivity contribution is 5.87. The number of carbonyl (C=O) groups is 2. The first-order chi connectivity index (χ1) is 11.5. The minimum atomic E-state index is -1.07. The maximum atomic E-state index is 12.4. The number of hydrogen-bond acceptors (Lipinski definition) is 4. The maximum absolute atomic E-state index is 12.4. The lowest BCUT2D eigenvalue weighted by Crippen LogP contribution is -2.52. The van der Waals surface area contributed by atoms with Gasteiger partial charge >= 0.3 is 5.97 Å². The SMILES string of the molecule is N=C(N)NCCCC(NC(=O)[C@@H]1Cc2ccccc2CN1)C(=O)O. The molecule has 1 aromatic rings. The molecule has 1 unspecified atom stereocenters. The molecule has 1 aliphatic rings. The van der Waals surface area contributed by atoms with Crippen LogP contribution in [0.3, 0.4) is 0 Å². The topological polar surface area (TPSA) is 140 Å². The van der Waals surface area contributed by atoms with Gasteiger partial charge in [0.2, 0.25) is 5.91 Å². The van der Waals surface area contributed by atoms with E-state index in [2.05, 4.69) is 16.0 Å². The third-order valence-corrected chi connectivity index (χ3v) is 4.00. The van der Waals surface area contributed by atoms with Crippen LogP contribution in [0.15, 0.2) is 24.3 Å². The summed E-state index contributed by atoms with van der Waals surface area (Å²) in [6, 6.07) is 6.50. The molecule has 8 nitrogen and oxygen atoms in total. The van der Waals surface area contributed by atoms with Gasteiger partial charge < -0.3 is 26.8 Å². The quantitative estimate of drug-likeness (QED) is 0.226. The molecule has 1 aromatic carbocycles. The molecular formula is C16H23N5O3. The van der Waals surface area contributed by atoms with Crippen molar-refractivity contribution in [3.63, 3.8) is 0 Å². The Labute approximate surface area is 140 Å². The average molecular weight is 333 g/mol. The average Bonchev–Trinajstić information content (AvgIpc) is 2.56. The van der Waals surface area contributed by atoms with E-state index in [9.17, 15) is 14.7 Å². The maximum Gasteiger partial charge on any atom is 0.326 e. The highest BCUT2D eigenvalue weighted by atomic mass is 16.4. The van der Waals surface area contributed by atoms with Crippen LogP contribution in [-0.4, -0.2) is 41.6 Å². The summed E-state index contributed by atoms with van der Waals surface area (Å²) in [7, 11) is 0. The zero-order chi connectivity index (χ0) is 17.5. The summed E-state index contributed by atoms with van der Waals surface area (Å²) < 4.78 is 0. The lowest BCUT2D eigenvalue weighted by atomic mass is 9.95. The molecular weight excluding hydrogens is 310 g/mol. The number of amides is 1. The van der Waals surface area contributed by atoms with Crippen LogP contribution in [-0.2, 0) is 22.6 Å². The van der Waals surface area contributed by atoms with Crippen LogP contribution in [0.1, 0.15) is 24.0 Å². The second-order valence-corrected chi connectivity index (χ2v) is 5.79.